The first-order valence-corrected chi connectivity index (χ1v) is 6.60. The average molecular weight is 259 g/mol. The fourth-order valence-electron chi connectivity index (χ4n) is 2.90. The van der Waals surface area contributed by atoms with Crippen molar-refractivity contribution in [1.82, 2.24) is 0 Å². The van der Waals surface area contributed by atoms with Crippen molar-refractivity contribution in [3.63, 3.8) is 0 Å². The highest BCUT2D eigenvalue weighted by molar-refractivity contribution is 6.12. The molecule has 1 aliphatic heterocycles. The van der Waals surface area contributed by atoms with Crippen LogP contribution in [0.4, 0.5) is 11.4 Å². The predicted octanol–water partition coefficient (Wildman–Crippen LogP) is 1.24. The van der Waals surface area contributed by atoms with E-state index in [-0.39, 0.29) is 18.4 Å². The van der Waals surface area contributed by atoms with E-state index in [1.165, 1.54) is 4.90 Å². The van der Waals surface area contributed by atoms with Crippen LogP contribution in [-0.2, 0) is 9.59 Å². The summed E-state index contributed by atoms with van der Waals surface area (Å²) in [5.41, 5.74) is 6.83. The molecule has 1 fully saturated rings. The van der Waals surface area contributed by atoms with Crippen molar-refractivity contribution in [2.45, 2.75) is 31.2 Å². The van der Waals surface area contributed by atoms with Crippen molar-refractivity contribution in [3.8, 4) is 0 Å². The van der Waals surface area contributed by atoms with Gasteiger partial charge in [0.15, 0.2) is 0 Å². The second kappa shape index (κ2) is 4.35. The number of nitrogens with zero attached hydrogens (tertiary/aromatic N) is 1. The average Bonchev–Trinajstić information content (AvgIpc) is 2.85. The van der Waals surface area contributed by atoms with Crippen molar-refractivity contribution >= 4 is 23.2 Å². The highest BCUT2D eigenvalue weighted by atomic mass is 16.2. The van der Waals surface area contributed by atoms with Gasteiger partial charge in [-0.1, -0.05) is 25.0 Å². The van der Waals surface area contributed by atoms with Crippen LogP contribution < -0.4 is 16.0 Å². The van der Waals surface area contributed by atoms with Crippen LogP contribution in [0.2, 0.25) is 0 Å². The number of anilines is 2. The van der Waals surface area contributed by atoms with Gasteiger partial charge in [-0.15, -0.1) is 0 Å². The normalized spacial score (nSPS) is 20.9. The van der Waals surface area contributed by atoms with Crippen LogP contribution in [-0.4, -0.2) is 23.9 Å². The largest absolute Gasteiger partial charge is 0.323 e. The van der Waals surface area contributed by atoms with Crippen LogP contribution in [0, 0.1) is 0 Å². The zero-order valence-electron chi connectivity index (χ0n) is 10.7. The van der Waals surface area contributed by atoms with Crippen molar-refractivity contribution in [3.05, 3.63) is 24.3 Å². The lowest BCUT2D eigenvalue weighted by Gasteiger charge is -2.34. The van der Waals surface area contributed by atoms with Crippen LogP contribution in [0.1, 0.15) is 25.7 Å². The number of rotatable bonds is 1. The van der Waals surface area contributed by atoms with E-state index in [1.54, 1.807) is 6.07 Å². The maximum atomic E-state index is 12.7. The molecule has 1 saturated carbocycles. The zero-order valence-corrected chi connectivity index (χ0v) is 10.7. The molecule has 1 aliphatic carbocycles. The van der Waals surface area contributed by atoms with Gasteiger partial charge in [-0.25, -0.2) is 0 Å². The molecule has 1 aromatic rings. The lowest BCUT2D eigenvalue weighted by molar-refractivity contribution is -0.125. The Kier molecular flexibility index (Phi) is 2.78. The minimum Gasteiger partial charge on any atom is -0.323 e. The quantitative estimate of drug-likeness (QED) is 0.796. The second-order valence-corrected chi connectivity index (χ2v) is 5.32. The number of benzene rings is 1. The molecule has 3 N–H and O–H groups in total. The number of nitrogens with two attached hydrogens (primary N) is 1. The molecular formula is C14H17N3O2. The summed E-state index contributed by atoms with van der Waals surface area (Å²) in [7, 11) is 0. The Morgan fingerprint density at radius 1 is 1.26 bits per heavy atom. The molecule has 0 bridgehead atoms. The summed E-state index contributed by atoms with van der Waals surface area (Å²) in [6.07, 6.45) is 3.35. The van der Waals surface area contributed by atoms with E-state index in [4.69, 9.17) is 5.73 Å². The fraction of sp³-hybridized carbons (Fsp3) is 0.429. The van der Waals surface area contributed by atoms with E-state index in [1.807, 2.05) is 18.2 Å². The SMILES string of the molecule is NC1(C(=O)N2CC(=O)Nc3ccccc32)CCCC1. The molecular weight excluding hydrogens is 242 g/mol. The third kappa shape index (κ3) is 2.00. The lowest BCUT2D eigenvalue weighted by Crippen LogP contribution is -2.56. The van der Waals surface area contributed by atoms with Crippen LogP contribution in [0.25, 0.3) is 0 Å². The molecule has 0 atom stereocenters. The van der Waals surface area contributed by atoms with Crippen molar-refractivity contribution in [2.75, 3.05) is 16.8 Å². The summed E-state index contributed by atoms with van der Waals surface area (Å²) in [4.78, 5) is 25.9. The molecule has 3 rings (SSSR count). The summed E-state index contributed by atoms with van der Waals surface area (Å²) in [6, 6.07) is 7.32. The Labute approximate surface area is 111 Å². The predicted molar refractivity (Wildman–Crippen MR) is 72.8 cm³/mol. The maximum Gasteiger partial charge on any atom is 0.247 e. The Balaban J connectivity index is 1.97. The smallest absolute Gasteiger partial charge is 0.247 e. The fourth-order valence-corrected chi connectivity index (χ4v) is 2.90. The molecule has 5 nitrogen and oxygen atoms in total. The molecule has 0 unspecified atom stereocenters. The van der Waals surface area contributed by atoms with Gasteiger partial charge in [-0.3, -0.25) is 14.5 Å². The third-order valence-electron chi connectivity index (χ3n) is 3.94. The minimum atomic E-state index is -0.801. The van der Waals surface area contributed by atoms with Crippen LogP contribution in [0.5, 0.6) is 0 Å². The van der Waals surface area contributed by atoms with Gasteiger partial charge in [-0.05, 0) is 25.0 Å². The summed E-state index contributed by atoms with van der Waals surface area (Å²) in [6.45, 7) is 0.0504. The van der Waals surface area contributed by atoms with Crippen molar-refractivity contribution in [2.24, 2.45) is 5.73 Å². The maximum absolute atomic E-state index is 12.7. The van der Waals surface area contributed by atoms with Gasteiger partial charge >= 0.3 is 0 Å². The van der Waals surface area contributed by atoms with E-state index < -0.39 is 5.54 Å². The number of fused-ring (bicyclic) bond motifs is 1. The number of carbonyl (C=O) groups excluding carboxylic acids is 2. The van der Waals surface area contributed by atoms with Crippen LogP contribution >= 0.6 is 0 Å². The van der Waals surface area contributed by atoms with Gasteiger partial charge in [0.05, 0.1) is 16.9 Å². The second-order valence-electron chi connectivity index (χ2n) is 5.32. The first-order chi connectivity index (χ1) is 9.10. The molecule has 0 radical (unpaired) electrons. The molecule has 0 aromatic heterocycles. The topological polar surface area (TPSA) is 75.4 Å². The lowest BCUT2D eigenvalue weighted by atomic mass is 9.96. The van der Waals surface area contributed by atoms with E-state index in [2.05, 4.69) is 5.32 Å². The van der Waals surface area contributed by atoms with Crippen LogP contribution in [0.3, 0.4) is 0 Å². The van der Waals surface area contributed by atoms with Gasteiger partial charge in [0, 0.05) is 0 Å². The highest BCUT2D eigenvalue weighted by Crippen LogP contribution is 2.34. The van der Waals surface area contributed by atoms with Gasteiger partial charge < -0.3 is 11.1 Å². The Morgan fingerprint density at radius 2 is 1.95 bits per heavy atom. The standard InChI is InChI=1S/C14H17N3O2/c15-14(7-3-4-8-14)13(19)17-9-12(18)16-10-5-1-2-6-11(10)17/h1-2,5-6H,3-4,7-9,15H2,(H,16,18). The number of para-hydroxylation sites is 2. The van der Waals surface area contributed by atoms with E-state index in [0.29, 0.717) is 18.5 Å². The van der Waals surface area contributed by atoms with Gasteiger partial charge in [0.2, 0.25) is 11.8 Å². The molecule has 19 heavy (non-hydrogen) atoms. The summed E-state index contributed by atoms with van der Waals surface area (Å²) in [5, 5.41) is 2.77. The van der Waals surface area contributed by atoms with Gasteiger partial charge in [0.1, 0.15) is 6.54 Å². The molecule has 5 heteroatoms. The Morgan fingerprint density at radius 3 is 2.68 bits per heavy atom. The first kappa shape index (κ1) is 12.2. The molecule has 1 heterocycles. The van der Waals surface area contributed by atoms with Crippen molar-refractivity contribution < 1.29 is 9.59 Å². The summed E-state index contributed by atoms with van der Waals surface area (Å²) < 4.78 is 0. The van der Waals surface area contributed by atoms with Crippen molar-refractivity contribution in [1.29, 1.82) is 0 Å². The number of carbonyl (C=O) groups is 2. The number of nitrogens with one attached hydrogen (secondary N) is 1. The van der Waals surface area contributed by atoms with E-state index in [9.17, 15) is 9.59 Å². The monoisotopic (exact) mass is 259 g/mol. The van der Waals surface area contributed by atoms with Crippen LogP contribution in [0.15, 0.2) is 24.3 Å². The Hall–Kier alpha value is -1.88. The zero-order chi connectivity index (χ0) is 13.5. The van der Waals surface area contributed by atoms with Gasteiger partial charge in [-0.2, -0.15) is 0 Å². The molecule has 2 aliphatic rings. The number of hydrogen-bond acceptors (Lipinski definition) is 3. The molecule has 0 spiro atoms. The van der Waals surface area contributed by atoms with Gasteiger partial charge in [0.25, 0.3) is 0 Å². The first-order valence-electron chi connectivity index (χ1n) is 6.60. The Bertz CT molecular complexity index is 535. The minimum absolute atomic E-state index is 0.0504. The number of hydrogen-bond donors (Lipinski definition) is 2. The van der Waals surface area contributed by atoms with E-state index >= 15 is 0 Å². The summed E-state index contributed by atoms with van der Waals surface area (Å²) >= 11 is 0. The molecule has 100 valence electrons. The molecule has 1 aromatic carbocycles. The summed E-state index contributed by atoms with van der Waals surface area (Å²) in [5.74, 6) is -0.305. The molecule has 2 amide bonds. The third-order valence-corrected chi connectivity index (χ3v) is 3.94. The highest BCUT2D eigenvalue weighted by Gasteiger charge is 2.42. The molecule has 0 saturated heterocycles. The van der Waals surface area contributed by atoms with E-state index in [0.717, 1.165) is 18.5 Å². The number of amides is 2.